The highest BCUT2D eigenvalue weighted by molar-refractivity contribution is 5.69. The van der Waals surface area contributed by atoms with Gasteiger partial charge in [0.05, 0.1) is 26.2 Å². The minimum Gasteiger partial charge on any atom is -0.466 e. The van der Waals surface area contributed by atoms with Crippen molar-refractivity contribution in [1.82, 2.24) is 4.90 Å². The van der Waals surface area contributed by atoms with E-state index in [0.29, 0.717) is 52.2 Å². The molecule has 8 nitrogen and oxygen atoms in total. The first-order chi connectivity index (χ1) is 23.1. The van der Waals surface area contributed by atoms with Gasteiger partial charge in [-0.15, -0.1) is 0 Å². The topological polar surface area (TPSA) is 94.5 Å². The zero-order valence-electron chi connectivity index (χ0n) is 31.3. The van der Waals surface area contributed by atoms with E-state index < -0.39 is 0 Å². The molecule has 0 aromatic carbocycles. The van der Waals surface area contributed by atoms with E-state index >= 15 is 0 Å². The molecule has 0 saturated carbocycles. The van der Waals surface area contributed by atoms with E-state index in [1.807, 2.05) is 0 Å². The second-order valence-electron chi connectivity index (χ2n) is 13.2. The largest absolute Gasteiger partial charge is 0.466 e. The fourth-order valence-electron chi connectivity index (χ4n) is 5.56. The molecule has 0 spiro atoms. The van der Waals surface area contributed by atoms with E-state index in [9.17, 15) is 14.7 Å². The van der Waals surface area contributed by atoms with Crippen molar-refractivity contribution < 1.29 is 33.6 Å². The summed E-state index contributed by atoms with van der Waals surface area (Å²) in [4.78, 5) is 26.6. The van der Waals surface area contributed by atoms with Gasteiger partial charge >= 0.3 is 11.9 Å². The Kier molecular flexibility index (Phi) is 36.6. The molecule has 0 fully saturated rings. The van der Waals surface area contributed by atoms with Crippen LogP contribution in [0.3, 0.4) is 0 Å². The SMILES string of the molecule is CCCCCCCCCOC(=O)CCCCCCCN(CCO)CCCCOC(=O)CCC(OCCCCCC)OCCCCCC. The highest BCUT2D eigenvalue weighted by Gasteiger charge is 2.14. The van der Waals surface area contributed by atoms with Crippen molar-refractivity contribution in [2.24, 2.45) is 0 Å². The number of esters is 2. The number of rotatable bonds is 38. The molecule has 0 atom stereocenters. The van der Waals surface area contributed by atoms with Crippen molar-refractivity contribution in [3.05, 3.63) is 0 Å². The summed E-state index contributed by atoms with van der Waals surface area (Å²) in [5.74, 6) is -0.239. The molecular formula is C39H77NO7. The van der Waals surface area contributed by atoms with E-state index in [-0.39, 0.29) is 24.8 Å². The molecule has 280 valence electrons. The van der Waals surface area contributed by atoms with Gasteiger partial charge in [-0.25, -0.2) is 0 Å². The normalized spacial score (nSPS) is 11.5. The fourth-order valence-corrected chi connectivity index (χ4v) is 5.56. The van der Waals surface area contributed by atoms with Crippen LogP contribution in [0, 0.1) is 0 Å². The maximum absolute atomic E-state index is 12.4. The average molecular weight is 672 g/mol. The minimum atomic E-state index is -0.334. The molecule has 8 heteroatoms. The maximum Gasteiger partial charge on any atom is 0.305 e. The predicted molar refractivity (Wildman–Crippen MR) is 194 cm³/mol. The molecule has 0 amide bonds. The van der Waals surface area contributed by atoms with E-state index in [1.54, 1.807) is 0 Å². The number of hydrogen-bond donors (Lipinski definition) is 1. The van der Waals surface area contributed by atoms with Gasteiger partial charge in [0.15, 0.2) is 6.29 Å². The molecule has 0 saturated heterocycles. The van der Waals surface area contributed by atoms with Crippen molar-refractivity contribution in [2.45, 2.75) is 188 Å². The van der Waals surface area contributed by atoms with Gasteiger partial charge in [0.25, 0.3) is 0 Å². The van der Waals surface area contributed by atoms with Gasteiger partial charge in [-0.2, -0.15) is 0 Å². The van der Waals surface area contributed by atoms with E-state index in [2.05, 4.69) is 25.7 Å². The van der Waals surface area contributed by atoms with Crippen LogP contribution in [0.4, 0.5) is 0 Å². The average Bonchev–Trinajstić information content (AvgIpc) is 3.07. The van der Waals surface area contributed by atoms with Crippen molar-refractivity contribution in [3.63, 3.8) is 0 Å². The Morgan fingerprint density at radius 3 is 1.45 bits per heavy atom. The number of unbranched alkanes of at least 4 members (excludes halogenated alkanes) is 17. The number of nitrogens with zero attached hydrogens (tertiary/aromatic N) is 1. The smallest absolute Gasteiger partial charge is 0.305 e. The third-order valence-corrected chi connectivity index (χ3v) is 8.60. The number of carbonyl (C=O) groups excluding carboxylic acids is 2. The van der Waals surface area contributed by atoms with E-state index in [1.165, 1.54) is 57.8 Å². The van der Waals surface area contributed by atoms with Crippen LogP contribution in [0.2, 0.25) is 0 Å². The quantitative estimate of drug-likeness (QED) is 0.0394. The first-order valence-electron chi connectivity index (χ1n) is 19.9. The number of aliphatic hydroxyl groups is 1. The Balaban J connectivity index is 3.93. The lowest BCUT2D eigenvalue weighted by atomic mass is 10.1. The monoisotopic (exact) mass is 672 g/mol. The Labute approximate surface area is 290 Å². The first-order valence-corrected chi connectivity index (χ1v) is 19.9. The van der Waals surface area contributed by atoms with Gasteiger partial charge in [-0.1, -0.05) is 117 Å². The molecule has 47 heavy (non-hydrogen) atoms. The van der Waals surface area contributed by atoms with E-state index in [0.717, 1.165) is 96.6 Å². The van der Waals surface area contributed by atoms with Gasteiger partial charge in [0.2, 0.25) is 0 Å². The summed E-state index contributed by atoms with van der Waals surface area (Å²) < 4.78 is 22.8. The van der Waals surface area contributed by atoms with Crippen molar-refractivity contribution in [2.75, 3.05) is 52.7 Å². The van der Waals surface area contributed by atoms with Crippen LogP contribution in [0.1, 0.15) is 181 Å². The molecule has 0 rings (SSSR count). The standard InChI is InChI=1S/C39H77NO7/c1-4-7-10-13-14-18-24-33-44-37(42)26-19-16-15-17-20-29-40(31-32-41)30-21-25-34-45-38(43)27-28-39(46-35-22-11-8-5-2)47-36-23-12-9-6-3/h39,41H,4-36H2,1-3H3. The lowest BCUT2D eigenvalue weighted by Crippen LogP contribution is -2.29. The van der Waals surface area contributed by atoms with Crippen LogP contribution in [-0.2, 0) is 28.5 Å². The molecule has 0 aliphatic rings. The molecule has 0 aliphatic carbocycles. The highest BCUT2D eigenvalue weighted by atomic mass is 16.7. The molecule has 0 unspecified atom stereocenters. The predicted octanol–water partition coefficient (Wildman–Crippen LogP) is 9.54. The van der Waals surface area contributed by atoms with Crippen molar-refractivity contribution in [3.8, 4) is 0 Å². The number of hydrogen-bond acceptors (Lipinski definition) is 8. The highest BCUT2D eigenvalue weighted by Crippen LogP contribution is 2.12. The van der Waals surface area contributed by atoms with Crippen molar-refractivity contribution >= 4 is 11.9 Å². The summed E-state index contributed by atoms with van der Waals surface area (Å²) in [5, 5.41) is 9.48. The summed E-state index contributed by atoms with van der Waals surface area (Å²) in [7, 11) is 0. The second-order valence-corrected chi connectivity index (χ2v) is 13.2. The summed E-state index contributed by atoms with van der Waals surface area (Å²) in [5.41, 5.74) is 0. The number of aliphatic hydroxyl groups excluding tert-OH is 1. The molecule has 0 radical (unpaired) electrons. The van der Waals surface area contributed by atoms with Crippen LogP contribution in [0.25, 0.3) is 0 Å². The maximum atomic E-state index is 12.4. The molecule has 0 aliphatic heterocycles. The molecule has 1 N–H and O–H groups in total. The van der Waals surface area contributed by atoms with Crippen LogP contribution >= 0.6 is 0 Å². The summed E-state index contributed by atoms with van der Waals surface area (Å²) in [6.45, 7) is 11.6. The molecular weight excluding hydrogens is 594 g/mol. The molecule has 0 heterocycles. The van der Waals surface area contributed by atoms with Crippen LogP contribution < -0.4 is 0 Å². The molecule has 0 bridgehead atoms. The van der Waals surface area contributed by atoms with Gasteiger partial charge in [-0.3, -0.25) is 9.59 Å². The van der Waals surface area contributed by atoms with Gasteiger partial charge in [-0.05, 0) is 58.0 Å². The third-order valence-electron chi connectivity index (χ3n) is 8.60. The van der Waals surface area contributed by atoms with Crippen LogP contribution in [0.5, 0.6) is 0 Å². The molecule has 0 aromatic heterocycles. The van der Waals surface area contributed by atoms with Gasteiger partial charge in [0.1, 0.15) is 0 Å². The number of ether oxygens (including phenoxy) is 4. The fraction of sp³-hybridized carbons (Fsp3) is 0.949. The zero-order valence-corrected chi connectivity index (χ0v) is 31.3. The minimum absolute atomic E-state index is 0.0515. The van der Waals surface area contributed by atoms with Crippen LogP contribution in [-0.4, -0.2) is 80.9 Å². The number of carbonyl (C=O) groups is 2. The second kappa shape index (κ2) is 37.6. The lowest BCUT2D eigenvalue weighted by molar-refractivity contribution is -0.159. The Hall–Kier alpha value is -1.22. The Morgan fingerprint density at radius 1 is 0.489 bits per heavy atom. The summed E-state index contributed by atoms with van der Waals surface area (Å²) >= 11 is 0. The summed E-state index contributed by atoms with van der Waals surface area (Å²) in [6.07, 6.45) is 25.9. The Morgan fingerprint density at radius 2 is 0.894 bits per heavy atom. The van der Waals surface area contributed by atoms with E-state index in [4.69, 9.17) is 18.9 Å². The molecule has 0 aromatic rings. The van der Waals surface area contributed by atoms with Crippen LogP contribution in [0.15, 0.2) is 0 Å². The van der Waals surface area contributed by atoms with Gasteiger partial charge in [0, 0.05) is 32.6 Å². The first kappa shape index (κ1) is 45.8. The Bertz CT molecular complexity index is 649. The van der Waals surface area contributed by atoms with Gasteiger partial charge < -0.3 is 29.0 Å². The third kappa shape index (κ3) is 34.4. The lowest BCUT2D eigenvalue weighted by Gasteiger charge is -2.21. The summed E-state index contributed by atoms with van der Waals surface area (Å²) in [6, 6.07) is 0. The van der Waals surface area contributed by atoms with Crippen molar-refractivity contribution in [1.29, 1.82) is 0 Å². The zero-order chi connectivity index (χ0) is 34.5.